The molecule has 0 unspecified atom stereocenters. The Morgan fingerprint density at radius 1 is 1.12 bits per heavy atom. The highest BCUT2D eigenvalue weighted by atomic mass is 16.5. The number of nitrogens with one attached hydrogen (secondary N) is 1. The molecule has 0 aromatic heterocycles. The lowest BCUT2D eigenvalue weighted by Gasteiger charge is -2.26. The molecule has 0 saturated carbocycles. The summed E-state index contributed by atoms with van der Waals surface area (Å²) >= 11 is 0. The van der Waals surface area contributed by atoms with Crippen molar-refractivity contribution in [2.24, 2.45) is 0 Å². The summed E-state index contributed by atoms with van der Waals surface area (Å²) < 4.78 is 10.6. The molecule has 26 heavy (non-hydrogen) atoms. The monoisotopic (exact) mass is 354 g/mol. The molecule has 0 bridgehead atoms. The zero-order valence-electron chi connectivity index (χ0n) is 15.2. The maximum atomic E-state index is 12.2. The summed E-state index contributed by atoms with van der Waals surface area (Å²) in [5, 5.41) is 2.95. The molecule has 5 heteroatoms. The highest BCUT2D eigenvalue weighted by Gasteiger charge is 2.10. The average molecular weight is 354 g/mol. The zero-order chi connectivity index (χ0) is 18.2. The van der Waals surface area contributed by atoms with Crippen molar-refractivity contribution < 1.29 is 14.3 Å². The number of nitrogens with zero attached hydrogens (tertiary/aromatic N) is 1. The first kappa shape index (κ1) is 18.4. The number of carbonyl (C=O) groups is 1. The van der Waals surface area contributed by atoms with Crippen molar-refractivity contribution in [3.8, 4) is 5.75 Å². The number of morpholine rings is 1. The molecule has 3 rings (SSSR count). The van der Waals surface area contributed by atoms with Crippen LogP contribution in [-0.4, -0.2) is 50.8 Å². The van der Waals surface area contributed by atoms with Gasteiger partial charge in [0, 0.05) is 25.3 Å². The van der Waals surface area contributed by atoms with Crippen LogP contribution in [0.4, 0.5) is 5.69 Å². The number of ether oxygens (including phenoxy) is 2. The fraction of sp³-hybridized carbons (Fsp3) is 0.381. The van der Waals surface area contributed by atoms with Crippen molar-refractivity contribution in [3.05, 3.63) is 59.7 Å². The van der Waals surface area contributed by atoms with Crippen molar-refractivity contribution in [3.63, 3.8) is 0 Å². The molecule has 1 aliphatic rings. The molecule has 1 amide bonds. The van der Waals surface area contributed by atoms with E-state index in [0.717, 1.165) is 56.3 Å². The topological polar surface area (TPSA) is 50.8 Å². The Bertz CT molecular complexity index is 709. The molecule has 1 saturated heterocycles. The lowest BCUT2D eigenvalue weighted by Crippen LogP contribution is -2.37. The third kappa shape index (κ3) is 5.58. The number of hydrogen-bond donors (Lipinski definition) is 1. The van der Waals surface area contributed by atoms with E-state index in [4.69, 9.17) is 9.47 Å². The summed E-state index contributed by atoms with van der Waals surface area (Å²) in [6, 6.07) is 15.7. The maximum absolute atomic E-state index is 12.2. The first-order chi connectivity index (χ1) is 12.7. The number of carbonyl (C=O) groups excluding carboxylic acids is 1. The van der Waals surface area contributed by atoms with Gasteiger partial charge in [0.15, 0.2) is 0 Å². The molecule has 2 aromatic carbocycles. The van der Waals surface area contributed by atoms with Gasteiger partial charge in [-0.25, -0.2) is 0 Å². The summed E-state index contributed by atoms with van der Waals surface area (Å²) in [6.07, 6.45) is 1.34. The number of rotatable bonds is 7. The van der Waals surface area contributed by atoms with Crippen molar-refractivity contribution in [2.45, 2.75) is 12.8 Å². The van der Waals surface area contributed by atoms with Gasteiger partial charge >= 0.3 is 0 Å². The quantitative estimate of drug-likeness (QED) is 0.831. The second-order valence-electron chi connectivity index (χ2n) is 6.48. The fourth-order valence-corrected chi connectivity index (χ4v) is 3.04. The summed E-state index contributed by atoms with van der Waals surface area (Å²) in [6.45, 7) is 4.73. The minimum atomic E-state index is -0.0284. The second-order valence-corrected chi connectivity index (χ2v) is 6.48. The predicted molar refractivity (Wildman–Crippen MR) is 103 cm³/mol. The van der Waals surface area contributed by atoms with Gasteiger partial charge in [-0.1, -0.05) is 24.3 Å². The molecule has 1 heterocycles. The second kappa shape index (κ2) is 9.36. The molecule has 2 aromatic rings. The van der Waals surface area contributed by atoms with E-state index in [0.29, 0.717) is 6.42 Å². The smallest absolute Gasteiger partial charge is 0.228 e. The Kier molecular flexibility index (Phi) is 6.63. The van der Waals surface area contributed by atoms with Gasteiger partial charge < -0.3 is 14.8 Å². The van der Waals surface area contributed by atoms with Crippen molar-refractivity contribution in [1.82, 2.24) is 4.90 Å². The van der Waals surface area contributed by atoms with Gasteiger partial charge in [0.05, 0.1) is 26.7 Å². The van der Waals surface area contributed by atoms with Gasteiger partial charge in [0.25, 0.3) is 0 Å². The molecule has 138 valence electrons. The van der Waals surface area contributed by atoms with Crippen LogP contribution in [-0.2, 0) is 22.4 Å². The Balaban J connectivity index is 1.47. The standard InChI is InChI=1S/C21H26N2O3/c1-25-20-4-2-3-18(15-20)16-21(24)22-19-7-5-17(6-8-19)9-10-23-11-13-26-14-12-23/h2-8,15H,9-14,16H2,1H3,(H,22,24). The van der Waals surface area contributed by atoms with Crippen LogP contribution in [0.25, 0.3) is 0 Å². The Labute approximate surface area is 154 Å². The van der Waals surface area contributed by atoms with E-state index in [1.54, 1.807) is 7.11 Å². The highest BCUT2D eigenvalue weighted by Crippen LogP contribution is 2.15. The van der Waals surface area contributed by atoms with Gasteiger partial charge in [-0.3, -0.25) is 9.69 Å². The highest BCUT2D eigenvalue weighted by molar-refractivity contribution is 5.92. The number of anilines is 1. The average Bonchev–Trinajstić information content (AvgIpc) is 2.68. The van der Waals surface area contributed by atoms with E-state index in [9.17, 15) is 4.79 Å². The summed E-state index contributed by atoms with van der Waals surface area (Å²) in [4.78, 5) is 14.7. The Hall–Kier alpha value is -2.37. The van der Waals surface area contributed by atoms with Gasteiger partial charge in [-0.05, 0) is 41.8 Å². The van der Waals surface area contributed by atoms with Crippen LogP contribution in [0.1, 0.15) is 11.1 Å². The van der Waals surface area contributed by atoms with Crippen LogP contribution in [0, 0.1) is 0 Å². The predicted octanol–water partition coefficient (Wildman–Crippen LogP) is 2.75. The Morgan fingerprint density at radius 3 is 2.62 bits per heavy atom. The van der Waals surface area contributed by atoms with Crippen molar-refractivity contribution in [1.29, 1.82) is 0 Å². The molecule has 0 spiro atoms. The number of amides is 1. The molecule has 0 atom stereocenters. The van der Waals surface area contributed by atoms with Gasteiger partial charge in [0.2, 0.25) is 5.91 Å². The first-order valence-electron chi connectivity index (χ1n) is 9.05. The van der Waals surface area contributed by atoms with E-state index >= 15 is 0 Å². The van der Waals surface area contributed by atoms with E-state index in [1.807, 2.05) is 36.4 Å². The minimum Gasteiger partial charge on any atom is -0.497 e. The van der Waals surface area contributed by atoms with Crippen LogP contribution < -0.4 is 10.1 Å². The normalized spacial score (nSPS) is 14.8. The van der Waals surface area contributed by atoms with E-state index in [1.165, 1.54) is 5.56 Å². The zero-order valence-corrected chi connectivity index (χ0v) is 15.2. The van der Waals surface area contributed by atoms with Gasteiger partial charge in [-0.15, -0.1) is 0 Å². The summed E-state index contributed by atoms with van der Waals surface area (Å²) in [5.41, 5.74) is 3.04. The van der Waals surface area contributed by atoms with Crippen LogP contribution >= 0.6 is 0 Å². The molecular formula is C21H26N2O3. The molecule has 0 aliphatic carbocycles. The lowest BCUT2D eigenvalue weighted by atomic mass is 10.1. The van der Waals surface area contributed by atoms with Crippen molar-refractivity contribution >= 4 is 11.6 Å². The van der Waals surface area contributed by atoms with E-state index in [-0.39, 0.29) is 5.91 Å². The molecule has 1 N–H and O–H groups in total. The third-order valence-electron chi connectivity index (χ3n) is 4.56. The third-order valence-corrected chi connectivity index (χ3v) is 4.56. The fourth-order valence-electron chi connectivity index (χ4n) is 3.04. The van der Waals surface area contributed by atoms with Crippen LogP contribution in [0.3, 0.4) is 0 Å². The van der Waals surface area contributed by atoms with E-state index < -0.39 is 0 Å². The number of methoxy groups -OCH3 is 1. The minimum absolute atomic E-state index is 0.0284. The lowest BCUT2D eigenvalue weighted by molar-refractivity contribution is -0.115. The van der Waals surface area contributed by atoms with Crippen LogP contribution in [0.15, 0.2) is 48.5 Å². The largest absolute Gasteiger partial charge is 0.497 e. The van der Waals surface area contributed by atoms with Crippen molar-refractivity contribution in [2.75, 3.05) is 45.3 Å². The molecule has 1 aliphatic heterocycles. The first-order valence-corrected chi connectivity index (χ1v) is 9.05. The van der Waals surface area contributed by atoms with Gasteiger partial charge in [-0.2, -0.15) is 0 Å². The SMILES string of the molecule is COc1cccc(CC(=O)Nc2ccc(CCN3CCOCC3)cc2)c1. The van der Waals surface area contributed by atoms with E-state index in [2.05, 4.69) is 22.3 Å². The summed E-state index contributed by atoms with van der Waals surface area (Å²) in [7, 11) is 1.62. The van der Waals surface area contributed by atoms with Gasteiger partial charge in [0.1, 0.15) is 5.75 Å². The Morgan fingerprint density at radius 2 is 1.88 bits per heavy atom. The number of hydrogen-bond acceptors (Lipinski definition) is 4. The van der Waals surface area contributed by atoms with Crippen LogP contribution in [0.5, 0.6) is 5.75 Å². The molecule has 5 nitrogen and oxygen atoms in total. The van der Waals surface area contributed by atoms with Crippen LogP contribution in [0.2, 0.25) is 0 Å². The molecule has 1 fully saturated rings. The summed E-state index contributed by atoms with van der Waals surface area (Å²) in [5.74, 6) is 0.735. The molecular weight excluding hydrogens is 328 g/mol. The number of benzene rings is 2. The molecule has 0 radical (unpaired) electrons. The maximum Gasteiger partial charge on any atom is 0.228 e.